The molecule has 0 saturated carbocycles. The maximum Gasteiger partial charge on any atom is 0.319 e. The van der Waals surface area contributed by atoms with Gasteiger partial charge in [0, 0.05) is 42.9 Å². The van der Waals surface area contributed by atoms with E-state index < -0.39 is 36.1 Å². The third-order valence-corrected chi connectivity index (χ3v) is 12.2. The van der Waals surface area contributed by atoms with E-state index in [0.29, 0.717) is 5.92 Å². The van der Waals surface area contributed by atoms with E-state index in [9.17, 15) is 18.8 Å². The standard InChI is InChI=1S/C35H34ClF4N7O3S/c1-16-12-35(7-2-8-46(35)14-16)15-50-34-44-28-25-29(49-10-6-17-11-22(48)43-21(31(39)40)5-9-47(17)33(25)45-34)26(36)24(27(28)38)18-3-4-20(37)30-23(18)19(13-41)32(42)51-30/h3-4,16-17,21,31H,2,5-12,14-15,42H2,1H3,(H,43,48)/t16-,17?,21?,35+/m1/s1. The third-order valence-electron chi connectivity index (χ3n) is 10.8. The van der Waals surface area contributed by atoms with Gasteiger partial charge < -0.3 is 25.4 Å². The Morgan fingerprint density at radius 1 is 1.25 bits per heavy atom. The Morgan fingerprint density at radius 3 is 2.86 bits per heavy atom. The highest BCUT2D eigenvalue weighted by molar-refractivity contribution is 7.23. The first-order chi connectivity index (χ1) is 24.5. The predicted octanol–water partition coefficient (Wildman–Crippen LogP) is 6.65. The van der Waals surface area contributed by atoms with Gasteiger partial charge in [0.1, 0.15) is 34.8 Å². The zero-order valence-electron chi connectivity index (χ0n) is 27.6. The topological polar surface area (TPSA) is 130 Å². The van der Waals surface area contributed by atoms with Crippen molar-refractivity contribution in [2.24, 2.45) is 5.92 Å². The van der Waals surface area contributed by atoms with E-state index in [0.717, 1.165) is 49.8 Å². The second kappa shape index (κ2) is 12.8. The van der Waals surface area contributed by atoms with Crippen LogP contribution in [-0.2, 0) is 4.79 Å². The molecule has 3 saturated heterocycles. The van der Waals surface area contributed by atoms with Crippen LogP contribution in [0, 0.1) is 28.9 Å². The quantitative estimate of drug-likeness (QED) is 0.216. The molecule has 2 aromatic heterocycles. The monoisotopic (exact) mass is 743 g/mol. The van der Waals surface area contributed by atoms with Crippen molar-refractivity contribution in [3.8, 4) is 29.0 Å². The number of thiophene rings is 1. The lowest BCUT2D eigenvalue weighted by Crippen LogP contribution is -2.51. The Hall–Kier alpha value is -4.13. The van der Waals surface area contributed by atoms with Gasteiger partial charge in [-0.05, 0) is 49.8 Å². The van der Waals surface area contributed by atoms with Gasteiger partial charge in [0.15, 0.2) is 11.6 Å². The summed E-state index contributed by atoms with van der Waals surface area (Å²) in [7, 11) is 0. The van der Waals surface area contributed by atoms with Crippen LogP contribution >= 0.6 is 22.9 Å². The number of fused-ring (bicyclic) bond motifs is 4. The number of nitrogens with one attached hydrogen (secondary N) is 1. The van der Waals surface area contributed by atoms with Crippen LogP contribution < -0.4 is 25.4 Å². The van der Waals surface area contributed by atoms with Gasteiger partial charge in [-0.3, -0.25) is 9.69 Å². The van der Waals surface area contributed by atoms with E-state index in [1.807, 2.05) is 6.07 Å². The minimum atomic E-state index is -2.80. The predicted molar refractivity (Wildman–Crippen MR) is 186 cm³/mol. The van der Waals surface area contributed by atoms with Crippen molar-refractivity contribution in [2.75, 3.05) is 43.5 Å². The molecule has 0 bridgehead atoms. The molecule has 4 atom stereocenters. The van der Waals surface area contributed by atoms with Gasteiger partial charge in [-0.1, -0.05) is 24.6 Å². The van der Waals surface area contributed by atoms with Crippen LogP contribution in [0.1, 0.15) is 51.0 Å². The van der Waals surface area contributed by atoms with Crippen LogP contribution in [0.4, 0.5) is 28.4 Å². The average Bonchev–Trinajstić information content (AvgIpc) is 3.73. The van der Waals surface area contributed by atoms with Crippen molar-refractivity contribution in [1.82, 2.24) is 20.2 Å². The summed E-state index contributed by atoms with van der Waals surface area (Å²) in [6.07, 6.45) is 0.118. The second-order valence-corrected chi connectivity index (χ2v) is 15.4. The number of hydrogen-bond acceptors (Lipinski definition) is 10. The summed E-state index contributed by atoms with van der Waals surface area (Å²) in [5.74, 6) is -1.44. The summed E-state index contributed by atoms with van der Waals surface area (Å²) in [5.41, 5.74) is 5.58. The molecule has 2 unspecified atom stereocenters. The highest BCUT2D eigenvalue weighted by atomic mass is 35.5. The Labute approximate surface area is 299 Å². The first-order valence-corrected chi connectivity index (χ1v) is 18.2. The van der Waals surface area contributed by atoms with Crippen LogP contribution in [0.2, 0.25) is 5.02 Å². The molecule has 3 N–H and O–H groups in total. The number of anilines is 2. The Morgan fingerprint density at radius 2 is 2.08 bits per heavy atom. The molecule has 0 aliphatic carbocycles. The lowest BCUT2D eigenvalue weighted by Gasteiger charge is -2.38. The molecule has 51 heavy (non-hydrogen) atoms. The van der Waals surface area contributed by atoms with Crippen molar-refractivity contribution in [2.45, 2.75) is 69.5 Å². The Kier molecular flexibility index (Phi) is 8.54. The summed E-state index contributed by atoms with van der Waals surface area (Å²) in [4.78, 5) is 26.5. The fraction of sp³-hybridized carbons (Fsp3) is 0.486. The molecule has 0 spiro atoms. The number of rotatable bonds is 5. The largest absolute Gasteiger partial charge is 0.491 e. The molecular weight excluding hydrogens is 710 g/mol. The molecule has 10 nitrogen and oxygen atoms in total. The number of nitriles is 1. The number of nitrogens with zero attached hydrogens (tertiary/aromatic N) is 5. The van der Waals surface area contributed by atoms with E-state index in [2.05, 4.69) is 22.1 Å². The molecule has 4 aliphatic rings. The Bertz CT molecular complexity index is 2130. The number of nitrogens with two attached hydrogens (primary N) is 1. The van der Waals surface area contributed by atoms with E-state index in [-0.39, 0.29) is 110 Å². The van der Waals surface area contributed by atoms with Crippen molar-refractivity contribution in [3.63, 3.8) is 0 Å². The van der Waals surface area contributed by atoms with Gasteiger partial charge in [0.2, 0.25) is 5.91 Å². The number of carbonyl (C=O) groups is 1. The molecule has 8 rings (SSSR count). The van der Waals surface area contributed by atoms with Crippen LogP contribution in [0.3, 0.4) is 0 Å². The number of amides is 1. The maximum absolute atomic E-state index is 17.3. The van der Waals surface area contributed by atoms with E-state index >= 15 is 8.78 Å². The van der Waals surface area contributed by atoms with Gasteiger partial charge in [-0.15, -0.1) is 11.3 Å². The van der Waals surface area contributed by atoms with Crippen LogP contribution in [-0.4, -0.2) is 77.7 Å². The number of halogens is 5. The number of benzene rings is 2. The van der Waals surface area contributed by atoms with Crippen molar-refractivity contribution in [3.05, 3.63) is 34.4 Å². The van der Waals surface area contributed by atoms with Gasteiger partial charge >= 0.3 is 6.01 Å². The highest BCUT2D eigenvalue weighted by Crippen LogP contribution is 2.51. The van der Waals surface area contributed by atoms with Gasteiger partial charge in [-0.2, -0.15) is 15.2 Å². The summed E-state index contributed by atoms with van der Waals surface area (Å²) in [5, 5.41) is 12.5. The fourth-order valence-corrected chi connectivity index (χ4v) is 9.84. The summed E-state index contributed by atoms with van der Waals surface area (Å²) in [6, 6.07) is 2.45. The number of aromatic nitrogens is 2. The van der Waals surface area contributed by atoms with Gasteiger partial charge in [0.25, 0.3) is 6.43 Å². The van der Waals surface area contributed by atoms with E-state index in [4.69, 9.17) is 31.8 Å². The SMILES string of the molecule is C[C@H]1CN2CCC[C@@]2(COc2nc3c4c(c(Cl)c(-c5ccc(F)c6sc(N)c(C#N)c56)c(F)c4n2)OCCC2CC(=O)NC(C(F)F)CCN32)C1. The summed E-state index contributed by atoms with van der Waals surface area (Å²) < 4.78 is 73.0. The highest BCUT2D eigenvalue weighted by Gasteiger charge is 2.48. The minimum Gasteiger partial charge on any atom is -0.491 e. The fourth-order valence-electron chi connectivity index (χ4n) is 8.55. The molecule has 268 valence electrons. The third kappa shape index (κ3) is 5.57. The number of nitrogen functional groups attached to an aromatic ring is 1. The molecule has 3 fully saturated rings. The first-order valence-electron chi connectivity index (χ1n) is 17.0. The van der Waals surface area contributed by atoms with Crippen molar-refractivity contribution >= 4 is 60.7 Å². The van der Waals surface area contributed by atoms with Gasteiger partial charge in [0.05, 0.1) is 38.9 Å². The zero-order chi connectivity index (χ0) is 35.8. The molecule has 4 aromatic rings. The van der Waals surface area contributed by atoms with E-state index in [1.165, 1.54) is 6.07 Å². The number of ether oxygens (including phenoxy) is 2. The lowest BCUT2D eigenvalue weighted by atomic mass is 9.92. The second-order valence-electron chi connectivity index (χ2n) is 14.0. The van der Waals surface area contributed by atoms with Crippen LogP contribution in [0.5, 0.6) is 11.8 Å². The number of alkyl halides is 2. The molecule has 1 amide bonds. The summed E-state index contributed by atoms with van der Waals surface area (Å²) in [6.45, 7) is 4.43. The molecule has 16 heteroatoms. The number of hydrogen-bond donors (Lipinski definition) is 2. The molecule has 4 aliphatic heterocycles. The maximum atomic E-state index is 17.3. The molecular formula is C35H34ClF4N7O3S. The Balaban J connectivity index is 1.35. The molecule has 6 heterocycles. The average molecular weight is 744 g/mol. The summed E-state index contributed by atoms with van der Waals surface area (Å²) >= 11 is 7.91. The van der Waals surface area contributed by atoms with Crippen LogP contribution in [0.25, 0.3) is 32.1 Å². The minimum absolute atomic E-state index is 0.0162. The zero-order valence-corrected chi connectivity index (χ0v) is 29.2. The first kappa shape index (κ1) is 34.0. The smallest absolute Gasteiger partial charge is 0.319 e. The lowest BCUT2D eigenvalue weighted by molar-refractivity contribution is -0.123. The molecule has 2 aromatic carbocycles. The number of carbonyl (C=O) groups excluding carboxylic acids is 1. The van der Waals surface area contributed by atoms with Crippen molar-refractivity contribution < 1.29 is 31.8 Å². The van der Waals surface area contributed by atoms with Gasteiger partial charge in [-0.25, -0.2) is 17.6 Å². The van der Waals surface area contributed by atoms with Crippen molar-refractivity contribution in [1.29, 1.82) is 5.26 Å². The molecule has 0 radical (unpaired) electrons. The van der Waals surface area contributed by atoms with E-state index in [1.54, 1.807) is 4.90 Å². The van der Waals surface area contributed by atoms with Crippen LogP contribution in [0.15, 0.2) is 12.1 Å². The normalized spacial score (nSPS) is 25.1.